The molecule has 0 aliphatic carbocycles. The summed E-state index contributed by atoms with van der Waals surface area (Å²) < 4.78 is 7.05. The molecular formula is C24H20N8O3. The first-order valence-corrected chi connectivity index (χ1v) is 11.0. The van der Waals surface area contributed by atoms with Gasteiger partial charge in [-0.15, -0.1) is 0 Å². The third-order valence-electron chi connectivity index (χ3n) is 6.06. The predicted molar refractivity (Wildman–Crippen MR) is 125 cm³/mol. The number of likely N-dealkylation sites (N-methyl/N-ethyl adjacent to an activating group) is 1. The minimum Gasteiger partial charge on any atom is -0.373 e. The Hall–Kier alpha value is -4.64. The van der Waals surface area contributed by atoms with Crippen molar-refractivity contribution in [2.75, 3.05) is 18.9 Å². The molecule has 1 saturated heterocycles. The van der Waals surface area contributed by atoms with Crippen molar-refractivity contribution >= 4 is 23.2 Å². The summed E-state index contributed by atoms with van der Waals surface area (Å²) in [5, 5.41) is 22.4. The van der Waals surface area contributed by atoms with Crippen molar-refractivity contribution in [1.82, 2.24) is 34.6 Å². The number of likely N-dealkylation sites (tertiary alicyclic amines) is 1. The van der Waals surface area contributed by atoms with E-state index in [-0.39, 0.29) is 12.2 Å². The molecule has 4 aromatic heterocycles. The second-order valence-electron chi connectivity index (χ2n) is 8.33. The van der Waals surface area contributed by atoms with Crippen LogP contribution >= 0.6 is 0 Å². The Labute approximate surface area is 199 Å². The molecule has 1 unspecified atom stereocenters. The van der Waals surface area contributed by atoms with Crippen LogP contribution in [0.1, 0.15) is 12.2 Å². The van der Waals surface area contributed by atoms with Gasteiger partial charge in [-0.05, 0) is 18.2 Å². The Morgan fingerprint density at radius 1 is 1.09 bits per heavy atom. The van der Waals surface area contributed by atoms with Gasteiger partial charge in [-0.3, -0.25) is 4.79 Å². The first-order chi connectivity index (χ1) is 17.0. The molecule has 1 amide bonds. The van der Waals surface area contributed by atoms with Gasteiger partial charge in [-0.2, -0.15) is 5.10 Å². The number of aromatic nitrogens is 6. The number of hydrogen-bond donors (Lipinski definition) is 2. The maximum Gasteiger partial charge on any atom is 0.262 e. The van der Waals surface area contributed by atoms with E-state index in [1.165, 1.54) is 4.90 Å². The summed E-state index contributed by atoms with van der Waals surface area (Å²) in [7, 11) is 1.65. The van der Waals surface area contributed by atoms with Crippen molar-refractivity contribution < 1.29 is 14.4 Å². The van der Waals surface area contributed by atoms with E-state index >= 15 is 0 Å². The molecule has 1 aromatic carbocycles. The van der Waals surface area contributed by atoms with Gasteiger partial charge in [0.1, 0.15) is 11.4 Å². The van der Waals surface area contributed by atoms with Gasteiger partial charge in [-0.25, -0.2) is 19.5 Å². The highest BCUT2D eigenvalue weighted by Gasteiger charge is 2.48. The SMILES string of the molecule is CN1CCC(O)(c2cc(-c3cccc(-c4ccnc(Nc5cnn6cccnc56)n4)c3)no2)C1=O. The Balaban J connectivity index is 1.28. The maximum atomic E-state index is 12.4. The second kappa shape index (κ2) is 7.99. The standard InChI is InChI=1S/C24H20N8O3/c1-31-11-7-24(34,22(31)33)20-13-18(30-35-20)16-5-2-4-15(12-16)17-6-9-26-23(28-17)29-19-14-27-32-10-3-8-25-21(19)32/h2-6,8-10,12-14,34H,7,11H2,1H3,(H,26,28,29). The number of aliphatic hydroxyl groups is 1. The third kappa shape index (κ3) is 3.58. The van der Waals surface area contributed by atoms with Crippen LogP contribution in [0.5, 0.6) is 0 Å². The number of nitrogens with one attached hydrogen (secondary N) is 1. The molecule has 5 aromatic rings. The van der Waals surface area contributed by atoms with Crippen LogP contribution < -0.4 is 5.32 Å². The van der Waals surface area contributed by atoms with Gasteiger partial charge in [0.05, 0.1) is 11.9 Å². The van der Waals surface area contributed by atoms with Crippen molar-refractivity contribution in [2.45, 2.75) is 12.0 Å². The minimum atomic E-state index is -1.68. The van der Waals surface area contributed by atoms with E-state index in [9.17, 15) is 9.90 Å². The lowest BCUT2D eigenvalue weighted by atomic mass is 9.98. The Morgan fingerprint density at radius 3 is 2.77 bits per heavy atom. The normalized spacial score (nSPS) is 17.9. The fraction of sp³-hybridized carbons (Fsp3) is 0.167. The number of benzene rings is 1. The number of nitrogens with zero attached hydrogens (tertiary/aromatic N) is 7. The molecule has 1 aliphatic rings. The lowest BCUT2D eigenvalue weighted by Crippen LogP contribution is -2.35. The summed E-state index contributed by atoms with van der Waals surface area (Å²) in [4.78, 5) is 27.2. The number of hydrogen-bond acceptors (Lipinski definition) is 9. The minimum absolute atomic E-state index is 0.141. The van der Waals surface area contributed by atoms with Gasteiger partial charge >= 0.3 is 0 Å². The molecule has 11 heteroatoms. The molecule has 5 heterocycles. The van der Waals surface area contributed by atoms with Crippen LogP contribution in [0.2, 0.25) is 0 Å². The average Bonchev–Trinajstić information content (AvgIpc) is 3.61. The van der Waals surface area contributed by atoms with Gasteiger partial charge in [-0.1, -0.05) is 23.4 Å². The van der Waals surface area contributed by atoms with Crippen LogP contribution in [0.15, 0.2) is 71.8 Å². The third-order valence-corrected chi connectivity index (χ3v) is 6.06. The summed E-state index contributed by atoms with van der Waals surface area (Å²) >= 11 is 0. The predicted octanol–water partition coefficient (Wildman–Crippen LogP) is 2.63. The molecule has 1 fully saturated rings. The maximum absolute atomic E-state index is 12.4. The van der Waals surface area contributed by atoms with Crippen molar-refractivity contribution in [2.24, 2.45) is 0 Å². The molecule has 1 atom stereocenters. The van der Waals surface area contributed by atoms with Crippen molar-refractivity contribution in [3.63, 3.8) is 0 Å². The van der Waals surface area contributed by atoms with Gasteiger partial charge in [0.2, 0.25) is 11.5 Å². The van der Waals surface area contributed by atoms with Gasteiger partial charge in [0.15, 0.2) is 11.4 Å². The van der Waals surface area contributed by atoms with E-state index in [2.05, 4.69) is 30.5 Å². The largest absolute Gasteiger partial charge is 0.373 e. The first kappa shape index (κ1) is 20.9. The molecular weight excluding hydrogens is 448 g/mol. The Kier molecular flexibility index (Phi) is 4.78. The summed E-state index contributed by atoms with van der Waals surface area (Å²) in [5.74, 6) is 0.155. The summed E-state index contributed by atoms with van der Waals surface area (Å²) in [6, 6.07) is 12.8. The van der Waals surface area contributed by atoms with Crippen LogP contribution in [0.4, 0.5) is 11.6 Å². The molecule has 1 aliphatic heterocycles. The number of rotatable bonds is 5. The van der Waals surface area contributed by atoms with Crippen LogP contribution in [-0.2, 0) is 10.4 Å². The fourth-order valence-corrected chi connectivity index (χ4v) is 4.14. The van der Waals surface area contributed by atoms with E-state index in [1.807, 2.05) is 36.5 Å². The molecule has 6 rings (SSSR count). The zero-order valence-electron chi connectivity index (χ0n) is 18.7. The Bertz CT molecular complexity index is 1560. The smallest absolute Gasteiger partial charge is 0.262 e. The van der Waals surface area contributed by atoms with Gasteiger partial charge in [0.25, 0.3) is 5.91 Å². The zero-order valence-corrected chi connectivity index (χ0v) is 18.7. The van der Waals surface area contributed by atoms with Crippen LogP contribution in [0.3, 0.4) is 0 Å². The number of carbonyl (C=O) groups is 1. The molecule has 0 spiro atoms. The summed E-state index contributed by atoms with van der Waals surface area (Å²) in [6.07, 6.45) is 7.10. The molecule has 11 nitrogen and oxygen atoms in total. The fourth-order valence-electron chi connectivity index (χ4n) is 4.14. The average molecular weight is 468 g/mol. The van der Waals surface area contributed by atoms with E-state index < -0.39 is 11.5 Å². The van der Waals surface area contributed by atoms with E-state index in [0.29, 0.717) is 35.2 Å². The zero-order chi connectivity index (χ0) is 24.0. The highest BCUT2D eigenvalue weighted by Crippen LogP contribution is 2.35. The molecule has 0 radical (unpaired) electrons. The van der Waals surface area contributed by atoms with E-state index in [1.54, 1.807) is 42.3 Å². The second-order valence-corrected chi connectivity index (χ2v) is 8.33. The number of fused-ring (bicyclic) bond motifs is 1. The number of amides is 1. The lowest BCUT2D eigenvalue weighted by molar-refractivity contribution is -0.144. The van der Waals surface area contributed by atoms with Crippen LogP contribution in [0, 0.1) is 0 Å². The molecule has 2 N–H and O–H groups in total. The first-order valence-electron chi connectivity index (χ1n) is 11.0. The topological polar surface area (TPSA) is 135 Å². The van der Waals surface area contributed by atoms with E-state index in [0.717, 1.165) is 11.1 Å². The monoisotopic (exact) mass is 468 g/mol. The van der Waals surface area contributed by atoms with Gasteiger partial charge < -0.3 is 19.8 Å². The number of carbonyl (C=O) groups excluding carboxylic acids is 1. The van der Waals surface area contributed by atoms with Crippen LogP contribution in [0.25, 0.3) is 28.2 Å². The summed E-state index contributed by atoms with van der Waals surface area (Å²) in [5.41, 5.74) is 2.49. The molecule has 0 saturated carbocycles. The summed E-state index contributed by atoms with van der Waals surface area (Å²) in [6.45, 7) is 0.455. The van der Waals surface area contributed by atoms with Crippen molar-refractivity contribution in [1.29, 1.82) is 0 Å². The highest BCUT2D eigenvalue weighted by atomic mass is 16.5. The molecule has 174 valence electrons. The van der Waals surface area contributed by atoms with Gasteiger partial charge in [0, 0.05) is 55.8 Å². The highest BCUT2D eigenvalue weighted by molar-refractivity contribution is 5.87. The van der Waals surface area contributed by atoms with Crippen molar-refractivity contribution in [3.8, 4) is 22.5 Å². The lowest BCUT2D eigenvalue weighted by Gasteiger charge is -2.16. The molecule has 35 heavy (non-hydrogen) atoms. The van der Waals surface area contributed by atoms with Crippen molar-refractivity contribution in [3.05, 3.63) is 73.0 Å². The Morgan fingerprint density at radius 2 is 1.94 bits per heavy atom. The number of anilines is 2. The molecule has 0 bridgehead atoms. The quantitative estimate of drug-likeness (QED) is 0.399. The van der Waals surface area contributed by atoms with E-state index in [4.69, 9.17) is 4.52 Å². The van der Waals surface area contributed by atoms with Crippen LogP contribution in [-0.4, -0.2) is 59.2 Å².